The first kappa shape index (κ1) is 12.3. The highest BCUT2D eigenvalue weighted by atomic mass is 79.9. The molecule has 2 aromatic carbocycles. The molecular weight excluding hydrogens is 306 g/mol. The van der Waals surface area contributed by atoms with E-state index in [1.54, 1.807) is 30.3 Å². The van der Waals surface area contributed by atoms with Gasteiger partial charge in [0.2, 0.25) is 0 Å². The summed E-state index contributed by atoms with van der Waals surface area (Å²) in [4.78, 5) is 10.6. The van der Waals surface area contributed by atoms with Crippen molar-refractivity contribution in [2.75, 3.05) is 0 Å². The molecule has 0 unspecified atom stereocenters. The number of hydrogen-bond acceptors (Lipinski definition) is 1. The van der Waals surface area contributed by atoms with Crippen LogP contribution in [0, 0.1) is 5.82 Å². The van der Waals surface area contributed by atoms with Crippen LogP contribution in [0.25, 0.3) is 11.1 Å². The third-order valence-electron chi connectivity index (χ3n) is 2.37. The van der Waals surface area contributed by atoms with Gasteiger partial charge in [0.1, 0.15) is 12.1 Å². The van der Waals surface area contributed by atoms with Crippen LogP contribution in [0.1, 0.15) is 10.4 Å². The van der Waals surface area contributed by atoms with E-state index in [4.69, 9.17) is 11.6 Å². The summed E-state index contributed by atoms with van der Waals surface area (Å²) >= 11 is 9.15. The second-order valence-electron chi connectivity index (χ2n) is 3.46. The lowest BCUT2D eigenvalue weighted by Crippen LogP contribution is -1.88. The molecule has 0 aliphatic heterocycles. The van der Waals surface area contributed by atoms with Gasteiger partial charge in [0.25, 0.3) is 0 Å². The van der Waals surface area contributed by atoms with Crippen molar-refractivity contribution in [3.8, 4) is 11.1 Å². The fraction of sp³-hybridized carbons (Fsp3) is 0. The minimum atomic E-state index is -0.367. The Morgan fingerprint density at radius 1 is 1.18 bits per heavy atom. The van der Waals surface area contributed by atoms with Gasteiger partial charge in [-0.25, -0.2) is 4.39 Å². The van der Waals surface area contributed by atoms with Gasteiger partial charge in [0.05, 0.1) is 4.47 Å². The molecule has 0 amide bonds. The third kappa shape index (κ3) is 2.40. The summed E-state index contributed by atoms with van der Waals surface area (Å²) in [7, 11) is 0. The Morgan fingerprint density at radius 2 is 1.94 bits per heavy atom. The highest BCUT2D eigenvalue weighted by Gasteiger charge is 2.11. The SMILES string of the molecule is O=Cc1ccc(-c2cccc(Br)c2F)c(Cl)c1. The Morgan fingerprint density at radius 3 is 2.59 bits per heavy atom. The number of hydrogen-bond donors (Lipinski definition) is 0. The Kier molecular flexibility index (Phi) is 3.60. The van der Waals surface area contributed by atoms with E-state index in [-0.39, 0.29) is 5.82 Å². The molecule has 0 bridgehead atoms. The Bertz CT molecular complexity index is 584. The topological polar surface area (TPSA) is 17.1 Å². The minimum absolute atomic E-state index is 0.353. The van der Waals surface area contributed by atoms with Crippen LogP contribution in [0.15, 0.2) is 40.9 Å². The average molecular weight is 314 g/mol. The minimum Gasteiger partial charge on any atom is -0.298 e. The van der Waals surface area contributed by atoms with Crippen molar-refractivity contribution >= 4 is 33.8 Å². The Labute approximate surface area is 111 Å². The van der Waals surface area contributed by atoms with E-state index < -0.39 is 0 Å². The number of halogens is 3. The molecule has 17 heavy (non-hydrogen) atoms. The molecule has 0 saturated heterocycles. The Hall–Kier alpha value is -1.19. The first-order valence-electron chi connectivity index (χ1n) is 4.82. The maximum Gasteiger partial charge on any atom is 0.150 e. The molecule has 0 aliphatic rings. The van der Waals surface area contributed by atoms with Gasteiger partial charge in [-0.2, -0.15) is 0 Å². The van der Waals surface area contributed by atoms with E-state index in [9.17, 15) is 9.18 Å². The van der Waals surface area contributed by atoms with Crippen molar-refractivity contribution in [2.24, 2.45) is 0 Å². The molecule has 2 aromatic rings. The van der Waals surface area contributed by atoms with Crippen LogP contribution in [-0.2, 0) is 0 Å². The van der Waals surface area contributed by atoms with Crippen molar-refractivity contribution < 1.29 is 9.18 Å². The van der Waals surface area contributed by atoms with E-state index >= 15 is 0 Å². The molecule has 86 valence electrons. The third-order valence-corrected chi connectivity index (χ3v) is 3.30. The number of aldehydes is 1. The predicted molar refractivity (Wildman–Crippen MR) is 69.9 cm³/mol. The summed E-state index contributed by atoms with van der Waals surface area (Å²) in [5, 5.41) is 0.353. The molecule has 0 heterocycles. The molecule has 2 rings (SSSR count). The van der Waals surface area contributed by atoms with Crippen molar-refractivity contribution in [1.82, 2.24) is 0 Å². The predicted octanol–water partition coefficient (Wildman–Crippen LogP) is 4.72. The monoisotopic (exact) mass is 312 g/mol. The number of carbonyl (C=O) groups excluding carboxylic acids is 1. The zero-order chi connectivity index (χ0) is 12.4. The van der Waals surface area contributed by atoms with Gasteiger partial charge in [-0.15, -0.1) is 0 Å². The molecule has 0 aromatic heterocycles. The lowest BCUT2D eigenvalue weighted by molar-refractivity contribution is 0.112. The lowest BCUT2D eigenvalue weighted by Gasteiger charge is -2.07. The average Bonchev–Trinajstić information content (AvgIpc) is 2.33. The quantitative estimate of drug-likeness (QED) is 0.733. The van der Waals surface area contributed by atoms with Crippen LogP contribution >= 0.6 is 27.5 Å². The van der Waals surface area contributed by atoms with E-state index in [1.807, 2.05) is 0 Å². The molecule has 0 fully saturated rings. The first-order valence-corrected chi connectivity index (χ1v) is 5.99. The molecule has 4 heteroatoms. The summed E-state index contributed by atoms with van der Waals surface area (Å²) in [6.45, 7) is 0. The maximum absolute atomic E-state index is 13.9. The van der Waals surface area contributed by atoms with E-state index in [0.29, 0.717) is 32.5 Å². The molecule has 0 spiro atoms. The van der Waals surface area contributed by atoms with Crippen molar-refractivity contribution in [3.63, 3.8) is 0 Å². The molecule has 0 saturated carbocycles. The van der Waals surface area contributed by atoms with Gasteiger partial charge >= 0.3 is 0 Å². The number of carbonyl (C=O) groups is 1. The van der Waals surface area contributed by atoms with E-state index in [1.165, 1.54) is 6.07 Å². The first-order chi connectivity index (χ1) is 8.13. The van der Waals surface area contributed by atoms with E-state index in [2.05, 4.69) is 15.9 Å². The van der Waals surface area contributed by atoms with Gasteiger partial charge in [-0.1, -0.05) is 35.9 Å². The summed E-state index contributed by atoms with van der Waals surface area (Å²) < 4.78 is 14.3. The van der Waals surface area contributed by atoms with Gasteiger partial charge < -0.3 is 0 Å². The second kappa shape index (κ2) is 4.98. The van der Waals surface area contributed by atoms with E-state index in [0.717, 1.165) is 0 Å². The highest BCUT2D eigenvalue weighted by Crippen LogP contribution is 2.33. The van der Waals surface area contributed by atoms with Gasteiger partial charge in [-0.3, -0.25) is 4.79 Å². The van der Waals surface area contributed by atoms with Gasteiger partial charge in [-0.05, 0) is 28.1 Å². The van der Waals surface area contributed by atoms with Gasteiger partial charge in [0, 0.05) is 21.7 Å². The zero-order valence-electron chi connectivity index (χ0n) is 8.58. The summed E-state index contributed by atoms with van der Waals surface area (Å²) in [6, 6.07) is 9.75. The second-order valence-corrected chi connectivity index (χ2v) is 4.72. The van der Waals surface area contributed by atoms with Crippen molar-refractivity contribution in [2.45, 2.75) is 0 Å². The number of rotatable bonds is 2. The summed E-state index contributed by atoms with van der Waals surface area (Å²) in [6.07, 6.45) is 0.701. The van der Waals surface area contributed by atoms with Crippen LogP contribution in [-0.4, -0.2) is 6.29 Å². The fourth-order valence-electron chi connectivity index (χ4n) is 1.53. The Balaban J connectivity index is 2.61. The number of benzene rings is 2. The standard InChI is InChI=1S/C13H7BrClFO/c14-11-3-1-2-10(13(11)16)9-5-4-8(7-17)6-12(9)15/h1-7H. The summed E-state index contributed by atoms with van der Waals surface area (Å²) in [5.41, 5.74) is 1.44. The molecule has 0 aliphatic carbocycles. The molecular formula is C13H7BrClFO. The normalized spacial score (nSPS) is 10.3. The maximum atomic E-state index is 13.9. The van der Waals surface area contributed by atoms with Crippen LogP contribution in [0.5, 0.6) is 0 Å². The van der Waals surface area contributed by atoms with Crippen molar-refractivity contribution in [3.05, 3.63) is 57.3 Å². The van der Waals surface area contributed by atoms with Gasteiger partial charge in [0.15, 0.2) is 0 Å². The molecule has 0 radical (unpaired) electrons. The fourth-order valence-corrected chi connectivity index (χ4v) is 2.19. The smallest absolute Gasteiger partial charge is 0.150 e. The van der Waals surface area contributed by atoms with Crippen LogP contribution in [0.4, 0.5) is 4.39 Å². The highest BCUT2D eigenvalue weighted by molar-refractivity contribution is 9.10. The molecule has 1 nitrogen and oxygen atoms in total. The van der Waals surface area contributed by atoms with Crippen LogP contribution in [0.2, 0.25) is 5.02 Å². The largest absolute Gasteiger partial charge is 0.298 e. The van der Waals surface area contributed by atoms with Crippen molar-refractivity contribution in [1.29, 1.82) is 0 Å². The summed E-state index contributed by atoms with van der Waals surface area (Å²) in [5.74, 6) is -0.367. The zero-order valence-corrected chi connectivity index (χ0v) is 10.9. The lowest BCUT2D eigenvalue weighted by atomic mass is 10.0. The van der Waals surface area contributed by atoms with Crippen LogP contribution < -0.4 is 0 Å². The molecule has 0 atom stereocenters. The van der Waals surface area contributed by atoms with Crippen LogP contribution in [0.3, 0.4) is 0 Å². The molecule has 0 N–H and O–H groups in total.